The molecule has 0 aliphatic heterocycles. The standard InChI is InChI=1S/C13H13BrN4O/c14-11-4-2-1-3-9(11)7-17-13(19)10-5-6-12(18-15)16-8-10/h1-6,8H,7,15H2,(H,16,18)(H,17,19). The number of anilines is 1. The maximum Gasteiger partial charge on any atom is 0.253 e. The first-order chi connectivity index (χ1) is 9.20. The largest absolute Gasteiger partial charge is 0.348 e. The molecule has 0 spiro atoms. The Labute approximate surface area is 119 Å². The summed E-state index contributed by atoms with van der Waals surface area (Å²) < 4.78 is 0.969. The van der Waals surface area contributed by atoms with E-state index in [4.69, 9.17) is 5.84 Å². The average molecular weight is 321 g/mol. The van der Waals surface area contributed by atoms with Crippen LogP contribution in [-0.4, -0.2) is 10.9 Å². The molecule has 0 aliphatic carbocycles. The number of amides is 1. The van der Waals surface area contributed by atoms with Gasteiger partial charge in [-0.3, -0.25) is 4.79 Å². The maximum absolute atomic E-state index is 11.9. The number of hydrazine groups is 1. The van der Waals surface area contributed by atoms with Crippen molar-refractivity contribution < 1.29 is 4.79 Å². The lowest BCUT2D eigenvalue weighted by Gasteiger charge is -2.07. The molecule has 2 aromatic rings. The molecule has 0 radical (unpaired) electrons. The number of aromatic nitrogens is 1. The van der Waals surface area contributed by atoms with Gasteiger partial charge in [-0.15, -0.1) is 0 Å². The lowest BCUT2D eigenvalue weighted by atomic mass is 10.2. The van der Waals surface area contributed by atoms with E-state index in [9.17, 15) is 4.79 Å². The Bertz CT molecular complexity index is 571. The molecule has 0 bridgehead atoms. The number of nitrogens with two attached hydrogens (primary N) is 1. The summed E-state index contributed by atoms with van der Waals surface area (Å²) in [7, 11) is 0. The molecule has 0 fully saturated rings. The molecule has 0 aliphatic rings. The zero-order valence-electron chi connectivity index (χ0n) is 10.1. The van der Waals surface area contributed by atoms with Crippen molar-refractivity contribution >= 4 is 27.7 Å². The summed E-state index contributed by atoms with van der Waals surface area (Å²) >= 11 is 3.44. The van der Waals surface area contributed by atoms with Crippen LogP contribution in [-0.2, 0) is 6.54 Å². The van der Waals surface area contributed by atoms with E-state index >= 15 is 0 Å². The Hall–Kier alpha value is -1.92. The predicted octanol–water partition coefficient (Wildman–Crippen LogP) is 2.06. The summed E-state index contributed by atoms with van der Waals surface area (Å²) in [5.74, 6) is 5.55. The molecule has 2 rings (SSSR count). The fraction of sp³-hybridized carbons (Fsp3) is 0.0769. The highest BCUT2D eigenvalue weighted by atomic mass is 79.9. The van der Waals surface area contributed by atoms with Crippen LogP contribution in [0.4, 0.5) is 5.82 Å². The van der Waals surface area contributed by atoms with Gasteiger partial charge in [0, 0.05) is 17.2 Å². The molecular formula is C13H13BrN4O. The minimum absolute atomic E-state index is 0.174. The van der Waals surface area contributed by atoms with Crippen molar-refractivity contribution in [3.05, 3.63) is 58.2 Å². The van der Waals surface area contributed by atoms with Gasteiger partial charge in [-0.1, -0.05) is 34.1 Å². The van der Waals surface area contributed by atoms with Gasteiger partial charge in [0.15, 0.2) is 0 Å². The zero-order chi connectivity index (χ0) is 13.7. The van der Waals surface area contributed by atoms with E-state index in [0.717, 1.165) is 10.0 Å². The first kappa shape index (κ1) is 13.5. The van der Waals surface area contributed by atoms with E-state index in [2.05, 4.69) is 31.7 Å². The van der Waals surface area contributed by atoms with Gasteiger partial charge in [0.25, 0.3) is 5.91 Å². The number of carbonyl (C=O) groups is 1. The Balaban J connectivity index is 1.99. The van der Waals surface area contributed by atoms with Crippen LogP contribution in [0.25, 0.3) is 0 Å². The first-order valence-corrected chi connectivity index (χ1v) is 6.44. The molecule has 0 unspecified atom stereocenters. The van der Waals surface area contributed by atoms with E-state index in [1.54, 1.807) is 12.1 Å². The number of nitrogens with one attached hydrogen (secondary N) is 2. The van der Waals surface area contributed by atoms with Gasteiger partial charge in [0.1, 0.15) is 5.82 Å². The molecule has 98 valence electrons. The maximum atomic E-state index is 11.9. The number of pyridine rings is 1. The summed E-state index contributed by atoms with van der Waals surface area (Å²) in [6.07, 6.45) is 1.48. The van der Waals surface area contributed by atoms with Crippen molar-refractivity contribution in [1.29, 1.82) is 0 Å². The van der Waals surface area contributed by atoms with Gasteiger partial charge in [0.2, 0.25) is 0 Å². The Morgan fingerprint density at radius 3 is 2.68 bits per heavy atom. The number of hydrogen-bond acceptors (Lipinski definition) is 4. The highest BCUT2D eigenvalue weighted by molar-refractivity contribution is 9.10. The number of hydrogen-bond donors (Lipinski definition) is 3. The van der Waals surface area contributed by atoms with Crippen molar-refractivity contribution in [2.45, 2.75) is 6.54 Å². The van der Waals surface area contributed by atoms with Crippen LogP contribution in [0.3, 0.4) is 0 Å². The minimum atomic E-state index is -0.174. The van der Waals surface area contributed by atoms with Crippen LogP contribution in [0.1, 0.15) is 15.9 Å². The summed E-state index contributed by atoms with van der Waals surface area (Å²) in [6, 6.07) is 11.0. The van der Waals surface area contributed by atoms with Gasteiger partial charge in [-0.25, -0.2) is 10.8 Å². The van der Waals surface area contributed by atoms with Gasteiger partial charge in [-0.2, -0.15) is 0 Å². The van der Waals surface area contributed by atoms with Crippen LogP contribution in [0, 0.1) is 0 Å². The normalized spacial score (nSPS) is 10.0. The predicted molar refractivity (Wildman–Crippen MR) is 77.4 cm³/mol. The second-order valence-electron chi connectivity index (χ2n) is 3.85. The fourth-order valence-corrected chi connectivity index (χ4v) is 1.96. The molecule has 6 heteroatoms. The molecule has 1 aromatic carbocycles. The van der Waals surface area contributed by atoms with Crippen molar-refractivity contribution in [2.75, 3.05) is 5.43 Å². The Morgan fingerprint density at radius 2 is 2.05 bits per heavy atom. The molecule has 1 aromatic heterocycles. The van der Waals surface area contributed by atoms with Crippen LogP contribution in [0.2, 0.25) is 0 Å². The van der Waals surface area contributed by atoms with Crippen molar-refractivity contribution in [1.82, 2.24) is 10.3 Å². The molecule has 1 amide bonds. The molecular weight excluding hydrogens is 308 g/mol. The molecule has 4 N–H and O–H groups in total. The second kappa shape index (κ2) is 6.31. The molecule has 19 heavy (non-hydrogen) atoms. The zero-order valence-corrected chi connectivity index (χ0v) is 11.6. The number of benzene rings is 1. The van der Waals surface area contributed by atoms with Crippen LogP contribution < -0.4 is 16.6 Å². The van der Waals surface area contributed by atoms with Gasteiger partial charge in [-0.05, 0) is 23.8 Å². The molecule has 0 atom stereocenters. The topological polar surface area (TPSA) is 80.0 Å². The minimum Gasteiger partial charge on any atom is -0.348 e. The number of halogens is 1. The number of rotatable bonds is 4. The van der Waals surface area contributed by atoms with E-state index < -0.39 is 0 Å². The number of nitrogen functional groups attached to an aromatic ring is 1. The monoisotopic (exact) mass is 320 g/mol. The molecule has 5 nitrogen and oxygen atoms in total. The number of carbonyl (C=O) groups excluding carboxylic acids is 1. The Kier molecular flexibility index (Phi) is 4.48. The van der Waals surface area contributed by atoms with Gasteiger partial charge >= 0.3 is 0 Å². The van der Waals surface area contributed by atoms with E-state index in [0.29, 0.717) is 17.9 Å². The van der Waals surface area contributed by atoms with Gasteiger partial charge < -0.3 is 10.7 Å². The fourth-order valence-electron chi connectivity index (χ4n) is 1.53. The second-order valence-corrected chi connectivity index (χ2v) is 4.70. The van der Waals surface area contributed by atoms with E-state index in [-0.39, 0.29) is 5.91 Å². The van der Waals surface area contributed by atoms with Crippen molar-refractivity contribution in [3.63, 3.8) is 0 Å². The third-order valence-corrected chi connectivity index (χ3v) is 3.34. The SMILES string of the molecule is NNc1ccc(C(=O)NCc2ccccc2Br)cn1. The van der Waals surface area contributed by atoms with Crippen molar-refractivity contribution in [3.8, 4) is 0 Å². The molecule has 0 saturated carbocycles. The van der Waals surface area contributed by atoms with E-state index in [1.807, 2.05) is 24.3 Å². The third-order valence-electron chi connectivity index (χ3n) is 2.57. The lowest BCUT2D eigenvalue weighted by Crippen LogP contribution is -2.23. The lowest BCUT2D eigenvalue weighted by molar-refractivity contribution is 0.0950. The highest BCUT2D eigenvalue weighted by Gasteiger charge is 2.06. The third kappa shape index (κ3) is 3.52. The van der Waals surface area contributed by atoms with E-state index in [1.165, 1.54) is 6.20 Å². The van der Waals surface area contributed by atoms with Crippen LogP contribution in [0.15, 0.2) is 47.1 Å². The Morgan fingerprint density at radius 1 is 1.26 bits per heavy atom. The summed E-state index contributed by atoms with van der Waals surface area (Å²) in [6.45, 7) is 0.456. The van der Waals surface area contributed by atoms with Gasteiger partial charge in [0.05, 0.1) is 5.56 Å². The van der Waals surface area contributed by atoms with Crippen LogP contribution >= 0.6 is 15.9 Å². The quantitative estimate of drug-likeness (QED) is 0.595. The van der Waals surface area contributed by atoms with Crippen LogP contribution in [0.5, 0.6) is 0 Å². The first-order valence-electron chi connectivity index (χ1n) is 5.65. The molecule has 1 heterocycles. The summed E-state index contributed by atoms with van der Waals surface area (Å²) in [4.78, 5) is 15.9. The summed E-state index contributed by atoms with van der Waals surface area (Å²) in [5.41, 5.74) is 3.92. The average Bonchev–Trinajstić information content (AvgIpc) is 2.46. The number of nitrogens with zero attached hydrogens (tertiary/aromatic N) is 1. The van der Waals surface area contributed by atoms with Crippen molar-refractivity contribution in [2.24, 2.45) is 5.84 Å². The summed E-state index contributed by atoms with van der Waals surface area (Å²) in [5, 5.41) is 2.83. The molecule has 0 saturated heterocycles. The smallest absolute Gasteiger partial charge is 0.253 e. The highest BCUT2D eigenvalue weighted by Crippen LogP contribution is 2.15.